The average molecular weight is 840 g/mol. The maximum atomic E-state index is 6.29. The van der Waals surface area contributed by atoms with E-state index in [-0.39, 0.29) is 0 Å². The van der Waals surface area contributed by atoms with Crippen LogP contribution in [0.1, 0.15) is 0 Å². The molecule has 1 heterocycles. The quantitative estimate of drug-likeness (QED) is 0.149. The van der Waals surface area contributed by atoms with Gasteiger partial charge in [0.1, 0.15) is 11.2 Å². The summed E-state index contributed by atoms with van der Waals surface area (Å²) in [6, 6.07) is 90.3. The molecule has 0 saturated heterocycles. The number of hydrogen-bond acceptors (Lipinski definition) is 2. The number of nitrogens with zero attached hydrogens (tertiary/aromatic N) is 1. The lowest BCUT2D eigenvalue weighted by Gasteiger charge is -2.26. The van der Waals surface area contributed by atoms with Gasteiger partial charge >= 0.3 is 0 Å². The van der Waals surface area contributed by atoms with Crippen molar-refractivity contribution < 1.29 is 4.42 Å². The van der Waals surface area contributed by atoms with E-state index in [1.807, 2.05) is 12.1 Å². The molecule has 2 nitrogen and oxygen atoms in total. The molecular weight excluding hydrogens is 799 g/mol. The van der Waals surface area contributed by atoms with Crippen LogP contribution in [0.15, 0.2) is 253 Å². The Morgan fingerprint density at radius 3 is 1.39 bits per heavy atom. The molecule has 0 atom stereocenters. The topological polar surface area (TPSA) is 16.4 Å². The normalized spacial score (nSPS) is 11.6. The van der Waals surface area contributed by atoms with Crippen molar-refractivity contribution in [3.05, 3.63) is 249 Å². The van der Waals surface area contributed by atoms with Crippen molar-refractivity contribution in [3.63, 3.8) is 0 Å². The van der Waals surface area contributed by atoms with E-state index in [1.165, 1.54) is 82.0 Å². The molecule has 2 heteroatoms. The van der Waals surface area contributed by atoms with Crippen molar-refractivity contribution in [2.45, 2.75) is 0 Å². The van der Waals surface area contributed by atoms with E-state index in [0.717, 1.165) is 44.6 Å². The summed E-state index contributed by atoms with van der Waals surface area (Å²) in [5.74, 6) is 0. The summed E-state index contributed by atoms with van der Waals surface area (Å²) in [5, 5.41) is 12.3. The van der Waals surface area contributed by atoms with Crippen molar-refractivity contribution >= 4 is 82.1 Å². The van der Waals surface area contributed by atoms with E-state index >= 15 is 0 Å². The molecule has 0 bridgehead atoms. The maximum absolute atomic E-state index is 6.29. The second-order valence-corrected chi connectivity index (χ2v) is 17.2. The third kappa shape index (κ3) is 6.34. The third-order valence-corrected chi connectivity index (χ3v) is 13.4. The number of benzene rings is 12. The van der Waals surface area contributed by atoms with Crippen molar-refractivity contribution in [2.24, 2.45) is 0 Å². The minimum atomic E-state index is 0.879. The second kappa shape index (κ2) is 15.5. The summed E-state index contributed by atoms with van der Waals surface area (Å²) in [5.41, 5.74) is 14.6. The molecule has 12 aromatic carbocycles. The monoisotopic (exact) mass is 839 g/mol. The minimum Gasteiger partial charge on any atom is -0.456 e. The highest BCUT2D eigenvalue weighted by Crippen LogP contribution is 2.46. The molecule has 0 aliphatic heterocycles. The van der Waals surface area contributed by atoms with E-state index in [1.54, 1.807) is 0 Å². The van der Waals surface area contributed by atoms with Gasteiger partial charge in [-0.2, -0.15) is 0 Å². The van der Waals surface area contributed by atoms with Crippen molar-refractivity contribution in [1.82, 2.24) is 0 Å². The smallest absolute Gasteiger partial charge is 0.135 e. The molecule has 0 fully saturated rings. The van der Waals surface area contributed by atoms with E-state index in [0.29, 0.717) is 0 Å². The summed E-state index contributed by atoms with van der Waals surface area (Å²) >= 11 is 0. The zero-order valence-corrected chi connectivity index (χ0v) is 36.0. The summed E-state index contributed by atoms with van der Waals surface area (Å²) in [6.45, 7) is 0. The molecule has 0 amide bonds. The van der Waals surface area contributed by atoms with Crippen molar-refractivity contribution in [1.29, 1.82) is 0 Å². The van der Waals surface area contributed by atoms with Crippen molar-refractivity contribution in [2.75, 3.05) is 4.90 Å². The van der Waals surface area contributed by atoms with Gasteiger partial charge in [-0.1, -0.05) is 188 Å². The lowest BCUT2D eigenvalue weighted by molar-refractivity contribution is 0.669. The lowest BCUT2D eigenvalue weighted by atomic mass is 9.84. The fourth-order valence-electron chi connectivity index (χ4n) is 10.3. The molecule has 0 aliphatic carbocycles. The average Bonchev–Trinajstić information content (AvgIpc) is 3.77. The van der Waals surface area contributed by atoms with Crippen LogP contribution >= 0.6 is 0 Å². The number of para-hydroxylation sites is 1. The minimum absolute atomic E-state index is 0.879. The molecule has 308 valence electrons. The Labute approximate surface area is 382 Å². The summed E-state index contributed by atoms with van der Waals surface area (Å²) in [6.07, 6.45) is 0. The van der Waals surface area contributed by atoms with Crippen LogP contribution in [-0.2, 0) is 0 Å². The SMILES string of the molecule is c1ccc(-c2c(-c3ccccc3)c3cc(-c4ccc(N(c5ccc(-c6ccc7c(ccc8ccccc87)c6)cc5)c5ccc6oc7ccccc7c6c5)cc4)ccc3c3ccccc23)cc1. The van der Waals surface area contributed by atoms with Gasteiger partial charge in [0, 0.05) is 27.8 Å². The van der Waals surface area contributed by atoms with Crippen LogP contribution in [0.5, 0.6) is 0 Å². The highest BCUT2D eigenvalue weighted by molar-refractivity contribution is 6.22. The van der Waals surface area contributed by atoms with Gasteiger partial charge in [-0.15, -0.1) is 0 Å². The Balaban J connectivity index is 0.931. The summed E-state index contributed by atoms with van der Waals surface area (Å²) < 4.78 is 6.29. The first-order chi connectivity index (χ1) is 32.7. The van der Waals surface area contributed by atoms with Crippen LogP contribution in [0, 0.1) is 0 Å². The maximum Gasteiger partial charge on any atom is 0.135 e. The zero-order chi connectivity index (χ0) is 43.6. The van der Waals surface area contributed by atoms with Crippen molar-refractivity contribution in [3.8, 4) is 44.5 Å². The van der Waals surface area contributed by atoms with E-state index in [4.69, 9.17) is 4.42 Å². The molecule has 66 heavy (non-hydrogen) atoms. The molecular formula is C64H41NO. The Morgan fingerprint density at radius 1 is 0.227 bits per heavy atom. The first-order valence-electron chi connectivity index (χ1n) is 22.7. The fraction of sp³-hybridized carbons (Fsp3) is 0. The number of furan rings is 1. The molecule has 0 saturated carbocycles. The first-order valence-corrected chi connectivity index (χ1v) is 22.7. The number of rotatable bonds is 7. The Kier molecular flexibility index (Phi) is 8.89. The van der Waals surface area contributed by atoms with E-state index < -0.39 is 0 Å². The molecule has 13 rings (SSSR count). The van der Waals surface area contributed by atoms with E-state index in [2.05, 4.69) is 241 Å². The molecule has 13 aromatic rings. The zero-order valence-electron chi connectivity index (χ0n) is 36.0. The summed E-state index contributed by atoms with van der Waals surface area (Å²) in [4.78, 5) is 2.35. The number of anilines is 3. The first kappa shape index (κ1) is 37.8. The molecule has 0 N–H and O–H groups in total. The fourth-order valence-corrected chi connectivity index (χ4v) is 10.3. The van der Waals surface area contributed by atoms with Gasteiger partial charge < -0.3 is 9.32 Å². The number of fused-ring (bicyclic) bond motifs is 9. The van der Waals surface area contributed by atoms with Gasteiger partial charge in [0.25, 0.3) is 0 Å². The standard InChI is InChI=1S/C64H41NO/c1-3-14-45(15-4-1)63-58-21-10-9-19-55(58)56-37-30-48(40-60(56)64(63)46-16-5-2-6-17-46)43-27-33-51(34-28-43)65(52-35-38-62-59(41-52)57-20-11-12-22-61(57)66-62)50-31-25-42(26-32-50)47-29-36-54-49(39-47)24-23-44-13-7-8-18-53(44)54/h1-41H. The van der Waals surface area contributed by atoms with Gasteiger partial charge in [-0.3, -0.25) is 0 Å². The van der Waals surface area contributed by atoms with Gasteiger partial charge in [0.05, 0.1) is 0 Å². The summed E-state index contributed by atoms with van der Waals surface area (Å²) in [7, 11) is 0. The molecule has 0 unspecified atom stereocenters. The second-order valence-electron chi connectivity index (χ2n) is 17.2. The van der Waals surface area contributed by atoms with Gasteiger partial charge in [-0.25, -0.2) is 0 Å². The molecule has 0 radical (unpaired) electrons. The third-order valence-electron chi connectivity index (χ3n) is 13.4. The Morgan fingerprint density at radius 2 is 0.697 bits per heavy atom. The van der Waals surface area contributed by atoms with E-state index in [9.17, 15) is 0 Å². The van der Waals surface area contributed by atoms with Crippen LogP contribution < -0.4 is 4.90 Å². The highest BCUT2D eigenvalue weighted by atomic mass is 16.3. The predicted molar refractivity (Wildman–Crippen MR) is 280 cm³/mol. The predicted octanol–water partition coefficient (Wildman–Crippen LogP) is 18.3. The molecule has 0 spiro atoms. The van der Waals surface area contributed by atoms with Crippen LogP contribution in [0.4, 0.5) is 17.1 Å². The van der Waals surface area contributed by atoms with Crippen LogP contribution in [-0.4, -0.2) is 0 Å². The lowest BCUT2D eigenvalue weighted by Crippen LogP contribution is -2.09. The van der Waals surface area contributed by atoms with Gasteiger partial charge in [-0.05, 0) is 148 Å². The van der Waals surface area contributed by atoms with Crippen LogP contribution in [0.2, 0.25) is 0 Å². The highest BCUT2D eigenvalue weighted by Gasteiger charge is 2.20. The van der Waals surface area contributed by atoms with Crippen LogP contribution in [0.3, 0.4) is 0 Å². The van der Waals surface area contributed by atoms with Gasteiger partial charge in [0.2, 0.25) is 0 Å². The Hall–Kier alpha value is -8.72. The number of hydrogen-bond donors (Lipinski definition) is 0. The largest absolute Gasteiger partial charge is 0.456 e. The molecule has 1 aromatic heterocycles. The van der Waals surface area contributed by atoms with Crippen LogP contribution in [0.25, 0.3) is 110 Å². The Bertz CT molecular complexity index is 3960. The molecule has 0 aliphatic rings. The van der Waals surface area contributed by atoms with Gasteiger partial charge in [0.15, 0.2) is 0 Å².